The molecule has 0 aromatic carbocycles. The largest absolute Gasteiger partial charge is 0.469 e. The van der Waals surface area contributed by atoms with E-state index < -0.39 is 7.82 Å². The van der Waals surface area contributed by atoms with Crippen LogP contribution in [-0.2, 0) is 13.8 Å². The van der Waals surface area contributed by atoms with Crippen molar-refractivity contribution in [3.63, 3.8) is 0 Å². The molecule has 0 aromatic heterocycles. The van der Waals surface area contributed by atoms with Crippen molar-refractivity contribution in [1.29, 1.82) is 0 Å². The summed E-state index contributed by atoms with van der Waals surface area (Å²) in [5.41, 5.74) is 0. The molecule has 3 N–H and O–H groups in total. The van der Waals surface area contributed by atoms with Crippen molar-refractivity contribution < 1.29 is 23.6 Å². The molecule has 7 heteroatoms. The van der Waals surface area contributed by atoms with Gasteiger partial charge in [0.1, 0.15) is 6.23 Å². The van der Waals surface area contributed by atoms with Crippen LogP contribution in [0.3, 0.4) is 0 Å². The molecule has 6 nitrogen and oxygen atoms in total. The minimum Gasteiger partial charge on any atom is -0.358 e. The van der Waals surface area contributed by atoms with Crippen LogP contribution in [0, 0.1) is 0 Å². The molecule has 1 aliphatic heterocycles. The fourth-order valence-corrected chi connectivity index (χ4v) is 1.58. The Bertz CT molecular complexity index is 205. The molecule has 1 fully saturated rings. The minimum atomic E-state index is -4.35. The number of nitrogens with one attached hydrogen (secondary N) is 1. The average Bonchev–Trinajstić information content (AvgIpc) is 2.47. The lowest BCUT2D eigenvalue weighted by Crippen LogP contribution is -2.26. The van der Waals surface area contributed by atoms with Crippen molar-refractivity contribution in [1.82, 2.24) is 5.32 Å². The minimum absolute atomic E-state index is 0.0228. The van der Waals surface area contributed by atoms with Gasteiger partial charge < -0.3 is 14.5 Å². The molecule has 13 heavy (non-hydrogen) atoms. The number of phosphoric acid groups is 1. The van der Waals surface area contributed by atoms with Gasteiger partial charge in [0.2, 0.25) is 0 Å². The lowest BCUT2D eigenvalue weighted by atomic mass is 10.2. The molecular formula is C6H14NO5P. The Kier molecular flexibility index (Phi) is 3.85. The molecule has 1 aliphatic rings. The maximum Gasteiger partial charge on any atom is 0.469 e. The molecule has 1 rings (SSSR count). The molecular weight excluding hydrogens is 197 g/mol. The van der Waals surface area contributed by atoms with E-state index in [2.05, 4.69) is 9.84 Å². The highest BCUT2D eigenvalue weighted by molar-refractivity contribution is 7.46. The molecule has 0 spiro atoms. The quantitative estimate of drug-likeness (QED) is 0.559. The third-order valence-corrected chi connectivity index (χ3v) is 2.34. The van der Waals surface area contributed by atoms with Crippen LogP contribution in [0.15, 0.2) is 0 Å². The molecule has 0 amide bonds. The van der Waals surface area contributed by atoms with E-state index in [1.165, 1.54) is 0 Å². The van der Waals surface area contributed by atoms with Crippen molar-refractivity contribution in [3.8, 4) is 0 Å². The average molecular weight is 211 g/mol. The maximum absolute atomic E-state index is 10.3. The van der Waals surface area contributed by atoms with Gasteiger partial charge in [-0.1, -0.05) is 0 Å². The Hall–Kier alpha value is 0.0300. The summed E-state index contributed by atoms with van der Waals surface area (Å²) in [4.78, 5) is 16.8. The molecule has 0 radical (unpaired) electrons. The summed E-state index contributed by atoms with van der Waals surface area (Å²) in [6, 6.07) is 0. The predicted molar refractivity (Wildman–Crippen MR) is 45.0 cm³/mol. The molecule has 1 saturated heterocycles. The third-order valence-electron chi connectivity index (χ3n) is 1.86. The van der Waals surface area contributed by atoms with Crippen molar-refractivity contribution >= 4 is 7.82 Å². The van der Waals surface area contributed by atoms with E-state index in [0.29, 0.717) is 0 Å². The zero-order valence-corrected chi connectivity index (χ0v) is 8.24. The third kappa shape index (κ3) is 4.17. The summed E-state index contributed by atoms with van der Waals surface area (Å²) in [7, 11) is -2.57. The number of hydrogen-bond acceptors (Lipinski definition) is 4. The first kappa shape index (κ1) is 11.1. The SMILES string of the molecule is CN[C@H]1CC[C@@H](COP(=O)(O)O)O1. The first-order valence-electron chi connectivity index (χ1n) is 4.04. The fraction of sp³-hybridized carbons (Fsp3) is 1.00. The van der Waals surface area contributed by atoms with E-state index >= 15 is 0 Å². The summed E-state index contributed by atoms with van der Waals surface area (Å²) >= 11 is 0. The van der Waals surface area contributed by atoms with Crippen molar-refractivity contribution in [2.24, 2.45) is 0 Å². The Morgan fingerprint density at radius 2 is 2.31 bits per heavy atom. The lowest BCUT2D eigenvalue weighted by Gasteiger charge is -2.13. The van der Waals surface area contributed by atoms with Gasteiger partial charge in [-0.25, -0.2) is 4.57 Å². The van der Waals surface area contributed by atoms with Gasteiger partial charge in [0.05, 0.1) is 12.7 Å². The molecule has 0 bridgehead atoms. The van der Waals surface area contributed by atoms with Crippen LogP contribution in [0.4, 0.5) is 0 Å². The first-order valence-corrected chi connectivity index (χ1v) is 5.57. The molecule has 0 aliphatic carbocycles. The molecule has 0 saturated carbocycles. The lowest BCUT2D eigenvalue weighted by molar-refractivity contribution is 0.000199. The topological polar surface area (TPSA) is 88.0 Å². The highest BCUT2D eigenvalue weighted by atomic mass is 31.2. The van der Waals surface area contributed by atoms with Gasteiger partial charge in [-0.2, -0.15) is 0 Å². The van der Waals surface area contributed by atoms with E-state index in [0.717, 1.165) is 12.8 Å². The van der Waals surface area contributed by atoms with Crippen LogP contribution in [0.25, 0.3) is 0 Å². The summed E-state index contributed by atoms with van der Waals surface area (Å²) in [6.45, 7) is -0.0531. The summed E-state index contributed by atoms with van der Waals surface area (Å²) in [6.07, 6.45) is 1.35. The molecule has 78 valence electrons. The van der Waals surface area contributed by atoms with Crippen LogP contribution >= 0.6 is 7.82 Å². The van der Waals surface area contributed by atoms with Crippen molar-refractivity contribution in [2.75, 3.05) is 13.7 Å². The van der Waals surface area contributed by atoms with Gasteiger partial charge in [-0.3, -0.25) is 9.84 Å². The molecule has 1 heterocycles. The summed E-state index contributed by atoms with van der Waals surface area (Å²) < 4.78 is 20.0. The highest BCUT2D eigenvalue weighted by Gasteiger charge is 2.26. The van der Waals surface area contributed by atoms with E-state index in [9.17, 15) is 4.57 Å². The van der Waals surface area contributed by atoms with Crippen LogP contribution in [-0.4, -0.2) is 35.8 Å². The summed E-state index contributed by atoms with van der Waals surface area (Å²) in [5, 5.41) is 2.92. The van der Waals surface area contributed by atoms with Crippen LogP contribution in [0.5, 0.6) is 0 Å². The van der Waals surface area contributed by atoms with E-state index in [4.69, 9.17) is 14.5 Å². The first-order chi connectivity index (χ1) is 6.01. The zero-order valence-electron chi connectivity index (χ0n) is 7.34. The molecule has 0 unspecified atom stereocenters. The second kappa shape index (κ2) is 4.50. The molecule has 2 atom stereocenters. The fourth-order valence-electron chi connectivity index (χ4n) is 1.22. The van der Waals surface area contributed by atoms with Gasteiger partial charge in [0, 0.05) is 0 Å². The van der Waals surface area contributed by atoms with Crippen molar-refractivity contribution in [3.05, 3.63) is 0 Å². The number of rotatable bonds is 4. The van der Waals surface area contributed by atoms with Crippen LogP contribution < -0.4 is 5.32 Å². The van der Waals surface area contributed by atoms with Gasteiger partial charge in [-0.15, -0.1) is 0 Å². The smallest absolute Gasteiger partial charge is 0.358 e. The monoisotopic (exact) mass is 211 g/mol. The summed E-state index contributed by atoms with van der Waals surface area (Å²) in [5.74, 6) is 0. The highest BCUT2D eigenvalue weighted by Crippen LogP contribution is 2.36. The zero-order chi connectivity index (χ0) is 9.90. The number of phosphoric ester groups is 1. The standard InChI is InChI=1S/C6H14NO5P/c1-7-6-3-2-5(12-6)4-11-13(8,9)10/h5-7H,2-4H2,1H3,(H2,8,9,10)/t5-,6+/m0/s1. The van der Waals surface area contributed by atoms with Gasteiger partial charge in [-0.05, 0) is 19.9 Å². The second-order valence-electron chi connectivity index (χ2n) is 2.90. The number of ether oxygens (including phenoxy) is 1. The van der Waals surface area contributed by atoms with Gasteiger partial charge >= 0.3 is 7.82 Å². The predicted octanol–water partition coefficient (Wildman–Crippen LogP) is -0.180. The second-order valence-corrected chi connectivity index (χ2v) is 4.14. The Balaban J connectivity index is 2.21. The Labute approximate surface area is 76.5 Å². The van der Waals surface area contributed by atoms with Crippen LogP contribution in [0.2, 0.25) is 0 Å². The molecule has 0 aromatic rings. The Morgan fingerprint density at radius 3 is 2.77 bits per heavy atom. The van der Waals surface area contributed by atoms with E-state index in [1.54, 1.807) is 7.05 Å². The maximum atomic E-state index is 10.3. The van der Waals surface area contributed by atoms with Crippen molar-refractivity contribution in [2.45, 2.75) is 25.2 Å². The van der Waals surface area contributed by atoms with Gasteiger partial charge in [0.15, 0.2) is 0 Å². The van der Waals surface area contributed by atoms with E-state index in [-0.39, 0.29) is 18.9 Å². The van der Waals surface area contributed by atoms with E-state index in [1.807, 2.05) is 0 Å². The normalized spacial score (nSPS) is 29.5. The number of hydrogen-bond donors (Lipinski definition) is 3. The Morgan fingerprint density at radius 1 is 1.62 bits per heavy atom. The van der Waals surface area contributed by atoms with Crippen LogP contribution in [0.1, 0.15) is 12.8 Å². The van der Waals surface area contributed by atoms with Gasteiger partial charge in [0.25, 0.3) is 0 Å².